The van der Waals surface area contributed by atoms with E-state index in [-0.39, 0.29) is 16.9 Å². The van der Waals surface area contributed by atoms with Gasteiger partial charge < -0.3 is 0 Å². The van der Waals surface area contributed by atoms with Crippen molar-refractivity contribution in [2.75, 3.05) is 23.3 Å². The van der Waals surface area contributed by atoms with Gasteiger partial charge in [-0.3, -0.25) is 0 Å². The minimum atomic E-state index is -2.93. The Kier molecular flexibility index (Phi) is 6.83. The summed E-state index contributed by atoms with van der Waals surface area (Å²) in [5.41, 5.74) is 1.90. The zero-order chi connectivity index (χ0) is 15.2. The molecule has 0 atom stereocenters. The summed E-state index contributed by atoms with van der Waals surface area (Å²) in [7, 11) is -2.93. The van der Waals surface area contributed by atoms with Crippen LogP contribution in [-0.4, -0.2) is 31.7 Å². The first-order chi connectivity index (χ1) is 9.39. The number of benzene rings is 1. The van der Waals surface area contributed by atoms with Gasteiger partial charge in [-0.15, -0.1) is 23.2 Å². The van der Waals surface area contributed by atoms with Crippen LogP contribution in [0.3, 0.4) is 0 Å². The van der Waals surface area contributed by atoms with Crippen LogP contribution >= 0.6 is 23.2 Å². The normalized spacial score (nSPS) is 12.6. The van der Waals surface area contributed by atoms with Crippen molar-refractivity contribution in [3.05, 3.63) is 35.4 Å². The van der Waals surface area contributed by atoms with Crippen LogP contribution in [0.4, 0.5) is 0 Å². The van der Waals surface area contributed by atoms with Gasteiger partial charge in [0, 0.05) is 22.9 Å². The van der Waals surface area contributed by atoms with Crippen LogP contribution in [0.1, 0.15) is 30.9 Å². The molecule has 20 heavy (non-hydrogen) atoms. The molecule has 0 saturated heterocycles. The molecule has 2 nitrogen and oxygen atoms in total. The van der Waals surface area contributed by atoms with E-state index in [2.05, 4.69) is 6.07 Å². The zero-order valence-corrected chi connectivity index (χ0v) is 14.4. The number of hydrogen-bond acceptors (Lipinski definition) is 2. The Morgan fingerprint density at radius 1 is 1.20 bits per heavy atom. The van der Waals surface area contributed by atoms with Crippen LogP contribution in [0.25, 0.3) is 0 Å². The molecule has 0 bridgehead atoms. The van der Waals surface area contributed by atoms with E-state index in [9.17, 15) is 8.42 Å². The molecule has 114 valence electrons. The lowest BCUT2D eigenvalue weighted by molar-refractivity contribution is 0.483. The van der Waals surface area contributed by atoms with Gasteiger partial charge in [0.1, 0.15) is 9.84 Å². The molecule has 0 saturated carbocycles. The van der Waals surface area contributed by atoms with Crippen molar-refractivity contribution in [3.8, 4) is 0 Å². The summed E-state index contributed by atoms with van der Waals surface area (Å²) in [4.78, 5) is 0. The smallest absolute Gasteiger partial charge is 0.150 e. The second kappa shape index (κ2) is 7.67. The number of alkyl halides is 2. The molecule has 0 fully saturated rings. The molecule has 0 aliphatic rings. The van der Waals surface area contributed by atoms with Gasteiger partial charge in [0.25, 0.3) is 0 Å². The molecule has 0 aliphatic carbocycles. The Labute approximate surface area is 132 Å². The second-order valence-corrected chi connectivity index (χ2v) is 8.26. The Bertz CT molecular complexity index is 522. The summed E-state index contributed by atoms with van der Waals surface area (Å²) in [5.74, 6) is 1.18. The summed E-state index contributed by atoms with van der Waals surface area (Å²) >= 11 is 12.3. The van der Waals surface area contributed by atoms with Gasteiger partial charge in [-0.25, -0.2) is 8.42 Å². The number of rotatable bonds is 8. The van der Waals surface area contributed by atoms with Crippen molar-refractivity contribution in [2.45, 2.75) is 32.1 Å². The molecule has 5 heteroatoms. The number of halogens is 2. The van der Waals surface area contributed by atoms with Crippen molar-refractivity contribution in [1.82, 2.24) is 0 Å². The van der Waals surface area contributed by atoms with E-state index in [1.165, 1.54) is 0 Å². The SMILES string of the molecule is CCS(=O)(=O)CCCC(CCl)(CCl)c1cccc(C)c1. The lowest BCUT2D eigenvalue weighted by atomic mass is 9.80. The van der Waals surface area contributed by atoms with E-state index in [0.717, 1.165) is 11.1 Å². The minimum absolute atomic E-state index is 0.187. The molecule has 1 aromatic carbocycles. The fourth-order valence-electron chi connectivity index (χ4n) is 2.22. The Morgan fingerprint density at radius 2 is 1.85 bits per heavy atom. The molecule has 0 N–H and O–H groups in total. The molecule has 0 unspecified atom stereocenters. The highest BCUT2D eigenvalue weighted by atomic mass is 35.5. The van der Waals surface area contributed by atoms with Crippen molar-refractivity contribution >= 4 is 33.0 Å². The van der Waals surface area contributed by atoms with Crippen molar-refractivity contribution in [2.24, 2.45) is 0 Å². The molecule has 0 amide bonds. The fraction of sp³-hybridized carbons (Fsp3) is 0.600. The maximum Gasteiger partial charge on any atom is 0.150 e. The minimum Gasteiger partial charge on any atom is -0.229 e. The van der Waals surface area contributed by atoms with Gasteiger partial charge in [0.2, 0.25) is 0 Å². The van der Waals surface area contributed by atoms with Crippen LogP contribution < -0.4 is 0 Å². The maximum absolute atomic E-state index is 11.6. The quantitative estimate of drug-likeness (QED) is 0.674. The van der Waals surface area contributed by atoms with Crippen LogP contribution in [0.2, 0.25) is 0 Å². The van der Waals surface area contributed by atoms with E-state index < -0.39 is 9.84 Å². The molecule has 1 aromatic rings. The monoisotopic (exact) mass is 336 g/mol. The highest BCUT2D eigenvalue weighted by molar-refractivity contribution is 7.91. The van der Waals surface area contributed by atoms with E-state index in [1.54, 1.807) is 6.92 Å². The first-order valence-electron chi connectivity index (χ1n) is 6.78. The summed E-state index contributed by atoms with van der Waals surface area (Å²) in [6, 6.07) is 8.12. The molecule has 0 aliphatic heterocycles. The highest BCUT2D eigenvalue weighted by Gasteiger charge is 2.30. The van der Waals surface area contributed by atoms with Crippen LogP contribution in [0, 0.1) is 6.92 Å². The molecule has 0 spiro atoms. The van der Waals surface area contributed by atoms with E-state index >= 15 is 0 Å². The topological polar surface area (TPSA) is 34.1 Å². The third-order valence-electron chi connectivity index (χ3n) is 3.69. The molecular weight excluding hydrogens is 315 g/mol. The highest BCUT2D eigenvalue weighted by Crippen LogP contribution is 2.33. The molecule has 0 aromatic heterocycles. The number of hydrogen-bond donors (Lipinski definition) is 0. The van der Waals surface area contributed by atoms with E-state index in [4.69, 9.17) is 23.2 Å². The lowest BCUT2D eigenvalue weighted by Crippen LogP contribution is -2.31. The maximum atomic E-state index is 11.6. The predicted octanol–water partition coefficient (Wildman–Crippen LogP) is 3.93. The van der Waals surface area contributed by atoms with Gasteiger partial charge >= 0.3 is 0 Å². The fourth-order valence-corrected chi connectivity index (χ4v) is 3.95. The van der Waals surface area contributed by atoms with E-state index in [1.807, 2.05) is 25.1 Å². The summed E-state index contributed by atoms with van der Waals surface area (Å²) < 4.78 is 23.2. The number of aryl methyl sites for hydroxylation is 1. The van der Waals surface area contributed by atoms with Crippen LogP contribution in [-0.2, 0) is 15.3 Å². The van der Waals surface area contributed by atoms with Crippen molar-refractivity contribution < 1.29 is 8.42 Å². The average molecular weight is 337 g/mol. The molecular formula is C15H22Cl2O2S. The Hall–Kier alpha value is -0.250. The summed E-state index contributed by atoms with van der Waals surface area (Å²) in [6.45, 7) is 3.70. The van der Waals surface area contributed by atoms with Crippen LogP contribution in [0.15, 0.2) is 24.3 Å². The standard InChI is InChI=1S/C15H22Cl2O2S/c1-3-20(18,19)9-5-8-15(11-16,12-17)14-7-4-6-13(2)10-14/h4,6-7,10H,3,5,8-9,11-12H2,1-2H3. The van der Waals surface area contributed by atoms with E-state index in [0.29, 0.717) is 24.6 Å². The lowest BCUT2D eigenvalue weighted by Gasteiger charge is -2.30. The third kappa shape index (κ3) is 4.64. The first kappa shape index (κ1) is 17.8. The second-order valence-electron chi connectivity index (χ2n) is 5.26. The third-order valence-corrected chi connectivity index (χ3v) is 6.51. The average Bonchev–Trinajstić information content (AvgIpc) is 2.44. The van der Waals surface area contributed by atoms with Gasteiger partial charge in [0.15, 0.2) is 0 Å². The first-order valence-corrected chi connectivity index (χ1v) is 9.67. The van der Waals surface area contributed by atoms with Gasteiger partial charge in [0.05, 0.1) is 5.75 Å². The molecule has 0 radical (unpaired) electrons. The van der Waals surface area contributed by atoms with Crippen molar-refractivity contribution in [1.29, 1.82) is 0 Å². The Balaban J connectivity index is 2.88. The van der Waals surface area contributed by atoms with Gasteiger partial charge in [-0.05, 0) is 25.3 Å². The zero-order valence-electron chi connectivity index (χ0n) is 12.0. The van der Waals surface area contributed by atoms with Gasteiger partial charge in [-0.2, -0.15) is 0 Å². The predicted molar refractivity (Wildman–Crippen MR) is 87.9 cm³/mol. The number of sulfone groups is 1. The largest absolute Gasteiger partial charge is 0.229 e. The van der Waals surface area contributed by atoms with Crippen LogP contribution in [0.5, 0.6) is 0 Å². The Morgan fingerprint density at radius 3 is 2.35 bits per heavy atom. The molecule has 0 heterocycles. The van der Waals surface area contributed by atoms with Gasteiger partial charge in [-0.1, -0.05) is 36.8 Å². The summed E-state index contributed by atoms with van der Waals surface area (Å²) in [5, 5.41) is 0. The summed E-state index contributed by atoms with van der Waals surface area (Å²) in [6.07, 6.45) is 1.27. The molecule has 1 rings (SSSR count). The van der Waals surface area contributed by atoms with Crippen molar-refractivity contribution in [3.63, 3.8) is 0 Å².